The molecule has 21 heavy (non-hydrogen) atoms. The van der Waals surface area contributed by atoms with E-state index in [4.69, 9.17) is 23.2 Å². The van der Waals surface area contributed by atoms with Gasteiger partial charge in [-0.1, -0.05) is 23.7 Å². The SMILES string of the molecule is Cc1cccc2nc(C(C)Cl)n(-c3ccc(Cl)cc3F)c12. The topological polar surface area (TPSA) is 17.8 Å². The summed E-state index contributed by atoms with van der Waals surface area (Å²) in [6.07, 6.45) is 0. The number of aryl methyl sites for hydroxylation is 1. The third-order valence-corrected chi connectivity index (χ3v) is 3.84. The largest absolute Gasteiger partial charge is 0.292 e. The third kappa shape index (κ3) is 2.41. The lowest BCUT2D eigenvalue weighted by molar-refractivity contribution is 0.616. The van der Waals surface area contributed by atoms with Gasteiger partial charge in [0, 0.05) is 5.02 Å². The lowest BCUT2D eigenvalue weighted by Gasteiger charge is -2.12. The Kier molecular flexibility index (Phi) is 3.64. The molecule has 0 bridgehead atoms. The zero-order valence-corrected chi connectivity index (χ0v) is 13.1. The van der Waals surface area contributed by atoms with E-state index >= 15 is 0 Å². The van der Waals surface area contributed by atoms with E-state index in [-0.39, 0.29) is 5.38 Å². The van der Waals surface area contributed by atoms with Gasteiger partial charge >= 0.3 is 0 Å². The molecule has 0 aliphatic rings. The maximum Gasteiger partial charge on any atom is 0.148 e. The van der Waals surface area contributed by atoms with E-state index in [1.807, 2.05) is 32.0 Å². The number of para-hydroxylation sites is 1. The molecule has 1 atom stereocenters. The van der Waals surface area contributed by atoms with Crippen molar-refractivity contribution in [1.82, 2.24) is 9.55 Å². The molecule has 2 nitrogen and oxygen atoms in total. The summed E-state index contributed by atoms with van der Waals surface area (Å²) in [4.78, 5) is 4.54. The van der Waals surface area contributed by atoms with Crippen LogP contribution in [0.5, 0.6) is 0 Å². The minimum Gasteiger partial charge on any atom is -0.292 e. The Morgan fingerprint density at radius 3 is 2.67 bits per heavy atom. The van der Waals surface area contributed by atoms with Crippen LogP contribution in [0.15, 0.2) is 36.4 Å². The molecule has 0 saturated heterocycles. The van der Waals surface area contributed by atoms with Crippen LogP contribution in [-0.2, 0) is 0 Å². The Labute approximate surface area is 132 Å². The highest BCUT2D eigenvalue weighted by Gasteiger charge is 2.19. The number of nitrogens with zero attached hydrogens (tertiary/aromatic N) is 2. The standard InChI is InChI=1S/C16H13Cl2FN2/c1-9-4-3-5-13-15(9)21(16(20-13)10(2)17)14-7-6-11(18)8-12(14)19/h3-8,10H,1-2H3. The highest BCUT2D eigenvalue weighted by molar-refractivity contribution is 6.30. The second-order valence-corrected chi connectivity index (χ2v) is 6.05. The van der Waals surface area contributed by atoms with Gasteiger partial charge in [-0.2, -0.15) is 0 Å². The van der Waals surface area contributed by atoms with E-state index in [1.54, 1.807) is 16.7 Å². The molecule has 0 radical (unpaired) electrons. The number of benzene rings is 2. The van der Waals surface area contributed by atoms with Crippen LogP contribution in [-0.4, -0.2) is 9.55 Å². The summed E-state index contributed by atoms with van der Waals surface area (Å²) in [5.74, 6) is 0.214. The van der Waals surface area contributed by atoms with E-state index in [0.29, 0.717) is 16.5 Å². The van der Waals surface area contributed by atoms with Gasteiger partial charge in [-0.3, -0.25) is 4.57 Å². The molecule has 0 fully saturated rings. The van der Waals surface area contributed by atoms with E-state index in [0.717, 1.165) is 16.6 Å². The first-order chi connectivity index (χ1) is 9.99. The second-order valence-electron chi connectivity index (χ2n) is 4.96. The van der Waals surface area contributed by atoms with Crippen LogP contribution in [0, 0.1) is 12.7 Å². The summed E-state index contributed by atoms with van der Waals surface area (Å²) in [6, 6.07) is 10.4. The molecule has 1 heterocycles. The van der Waals surface area contributed by atoms with Gasteiger partial charge in [0.2, 0.25) is 0 Å². The van der Waals surface area contributed by atoms with Crippen LogP contribution < -0.4 is 0 Å². The monoisotopic (exact) mass is 322 g/mol. The Balaban J connectivity index is 2.41. The predicted molar refractivity (Wildman–Crippen MR) is 85.0 cm³/mol. The van der Waals surface area contributed by atoms with Crippen LogP contribution >= 0.6 is 23.2 Å². The maximum atomic E-state index is 14.3. The van der Waals surface area contributed by atoms with Gasteiger partial charge in [0.25, 0.3) is 0 Å². The summed E-state index contributed by atoms with van der Waals surface area (Å²) in [5.41, 5.74) is 3.07. The fraction of sp³-hybridized carbons (Fsp3) is 0.188. The first-order valence-electron chi connectivity index (χ1n) is 6.56. The molecule has 108 valence electrons. The van der Waals surface area contributed by atoms with Gasteiger partial charge in [-0.05, 0) is 43.7 Å². The lowest BCUT2D eigenvalue weighted by Crippen LogP contribution is -2.04. The van der Waals surface area contributed by atoms with Gasteiger partial charge in [0.15, 0.2) is 0 Å². The number of imidazole rings is 1. The fourth-order valence-electron chi connectivity index (χ4n) is 2.49. The van der Waals surface area contributed by atoms with Crippen LogP contribution in [0.2, 0.25) is 5.02 Å². The summed E-state index contributed by atoms with van der Waals surface area (Å²) in [6.45, 7) is 3.79. The molecule has 2 aromatic carbocycles. The fourth-order valence-corrected chi connectivity index (χ4v) is 2.79. The summed E-state index contributed by atoms with van der Waals surface area (Å²) >= 11 is 12.1. The van der Waals surface area contributed by atoms with Gasteiger partial charge in [-0.15, -0.1) is 11.6 Å². The summed E-state index contributed by atoms with van der Waals surface area (Å²) in [5, 5.41) is 0.0183. The van der Waals surface area contributed by atoms with Crippen molar-refractivity contribution in [1.29, 1.82) is 0 Å². The van der Waals surface area contributed by atoms with Gasteiger partial charge in [0.1, 0.15) is 11.6 Å². The predicted octanol–water partition coefficient (Wildman–Crippen LogP) is 5.43. The van der Waals surface area contributed by atoms with Crippen molar-refractivity contribution in [3.8, 4) is 5.69 Å². The molecule has 3 rings (SSSR count). The van der Waals surface area contributed by atoms with Crippen molar-refractivity contribution in [2.24, 2.45) is 0 Å². The minimum absolute atomic E-state index is 0.341. The lowest BCUT2D eigenvalue weighted by atomic mass is 10.2. The number of fused-ring (bicyclic) bond motifs is 1. The maximum absolute atomic E-state index is 14.3. The van der Waals surface area contributed by atoms with E-state index in [9.17, 15) is 4.39 Å². The molecule has 0 saturated carbocycles. The van der Waals surface area contributed by atoms with Crippen LogP contribution in [0.3, 0.4) is 0 Å². The van der Waals surface area contributed by atoms with E-state index < -0.39 is 5.82 Å². The molecular formula is C16H13Cl2FN2. The van der Waals surface area contributed by atoms with Crippen molar-refractivity contribution in [2.75, 3.05) is 0 Å². The number of hydrogen-bond donors (Lipinski definition) is 0. The molecule has 0 N–H and O–H groups in total. The molecule has 1 aromatic heterocycles. The van der Waals surface area contributed by atoms with Crippen LogP contribution in [0.4, 0.5) is 4.39 Å². The number of rotatable bonds is 2. The van der Waals surface area contributed by atoms with Crippen molar-refractivity contribution in [2.45, 2.75) is 19.2 Å². The Morgan fingerprint density at radius 1 is 1.24 bits per heavy atom. The van der Waals surface area contributed by atoms with Crippen molar-refractivity contribution >= 4 is 34.2 Å². The molecule has 5 heteroatoms. The summed E-state index contributed by atoms with van der Waals surface area (Å²) in [7, 11) is 0. The Bertz CT molecular complexity index is 825. The average molecular weight is 323 g/mol. The molecular weight excluding hydrogens is 310 g/mol. The first-order valence-corrected chi connectivity index (χ1v) is 7.38. The highest BCUT2D eigenvalue weighted by Crippen LogP contribution is 2.31. The molecule has 1 unspecified atom stereocenters. The van der Waals surface area contributed by atoms with E-state index in [1.165, 1.54) is 6.07 Å². The summed E-state index contributed by atoms with van der Waals surface area (Å²) < 4.78 is 16.1. The van der Waals surface area contributed by atoms with Crippen molar-refractivity contribution < 1.29 is 4.39 Å². The third-order valence-electron chi connectivity index (χ3n) is 3.41. The Hall–Kier alpha value is -1.58. The van der Waals surface area contributed by atoms with Crippen molar-refractivity contribution in [3.05, 3.63) is 58.6 Å². The van der Waals surface area contributed by atoms with Gasteiger partial charge in [0.05, 0.1) is 22.1 Å². The minimum atomic E-state index is -0.399. The van der Waals surface area contributed by atoms with Crippen LogP contribution in [0.25, 0.3) is 16.7 Å². The van der Waals surface area contributed by atoms with E-state index in [2.05, 4.69) is 4.98 Å². The second kappa shape index (κ2) is 5.32. The highest BCUT2D eigenvalue weighted by atomic mass is 35.5. The quantitative estimate of drug-likeness (QED) is 0.575. The number of hydrogen-bond acceptors (Lipinski definition) is 1. The van der Waals surface area contributed by atoms with Crippen molar-refractivity contribution in [3.63, 3.8) is 0 Å². The molecule has 3 aromatic rings. The Morgan fingerprint density at radius 2 is 2.00 bits per heavy atom. The number of alkyl halides is 1. The number of halogens is 3. The smallest absolute Gasteiger partial charge is 0.148 e. The zero-order valence-electron chi connectivity index (χ0n) is 11.6. The normalized spacial score (nSPS) is 12.8. The van der Waals surface area contributed by atoms with Crippen LogP contribution in [0.1, 0.15) is 23.7 Å². The molecule has 0 aliphatic heterocycles. The van der Waals surface area contributed by atoms with Gasteiger partial charge < -0.3 is 0 Å². The average Bonchev–Trinajstić information content (AvgIpc) is 2.80. The molecule has 0 amide bonds. The van der Waals surface area contributed by atoms with Gasteiger partial charge in [-0.25, -0.2) is 9.37 Å². The first kappa shape index (κ1) is 14.4. The molecule has 0 spiro atoms. The number of aromatic nitrogens is 2. The molecule has 0 aliphatic carbocycles. The zero-order chi connectivity index (χ0) is 15.1.